The Morgan fingerprint density at radius 1 is 1.29 bits per heavy atom. The first kappa shape index (κ1) is 15.8. The quantitative estimate of drug-likeness (QED) is 0.910. The number of benzene rings is 1. The number of ether oxygens (including phenoxy) is 1. The number of carbonyl (C=O) groups excluding carboxylic acids is 1. The zero-order chi connectivity index (χ0) is 15.7. The number of morpholine rings is 1. The lowest BCUT2D eigenvalue weighted by atomic mass is 10.0. The van der Waals surface area contributed by atoms with E-state index in [2.05, 4.69) is 0 Å². The molecule has 0 aromatic heterocycles. The van der Waals surface area contributed by atoms with E-state index < -0.39 is 12.1 Å². The second-order valence-electron chi connectivity index (χ2n) is 5.40. The second-order valence-corrected chi connectivity index (χ2v) is 5.81. The van der Waals surface area contributed by atoms with Gasteiger partial charge in [0.05, 0.1) is 23.2 Å². The molecule has 5 nitrogen and oxygen atoms in total. The molecule has 21 heavy (non-hydrogen) atoms. The van der Waals surface area contributed by atoms with Crippen molar-refractivity contribution in [3.63, 3.8) is 0 Å². The van der Waals surface area contributed by atoms with Crippen molar-refractivity contribution in [2.45, 2.75) is 33.0 Å². The van der Waals surface area contributed by atoms with E-state index >= 15 is 0 Å². The average molecular weight is 312 g/mol. The van der Waals surface area contributed by atoms with Gasteiger partial charge in [-0.2, -0.15) is 0 Å². The molecule has 0 radical (unpaired) electrons. The number of hydrogen-bond acceptors (Lipinski definition) is 3. The van der Waals surface area contributed by atoms with Gasteiger partial charge in [0, 0.05) is 6.54 Å². The van der Waals surface area contributed by atoms with Crippen molar-refractivity contribution in [3.8, 4) is 0 Å². The highest BCUT2D eigenvalue weighted by molar-refractivity contribution is 6.34. The van der Waals surface area contributed by atoms with E-state index in [1.54, 1.807) is 19.1 Å². The Morgan fingerprint density at radius 3 is 2.52 bits per heavy atom. The summed E-state index contributed by atoms with van der Waals surface area (Å²) in [6.07, 6.45) is -1.32. The van der Waals surface area contributed by atoms with Crippen LogP contribution in [-0.4, -0.2) is 47.2 Å². The Kier molecular flexibility index (Phi) is 4.54. The van der Waals surface area contributed by atoms with Crippen molar-refractivity contribution in [3.05, 3.63) is 33.8 Å². The maximum Gasteiger partial charge on any atom is 0.334 e. The molecule has 1 aliphatic heterocycles. The first-order valence-corrected chi connectivity index (χ1v) is 7.11. The Bertz CT molecular complexity index is 587. The zero-order valence-corrected chi connectivity index (χ0v) is 13.0. The van der Waals surface area contributed by atoms with Gasteiger partial charge in [-0.25, -0.2) is 4.79 Å². The summed E-state index contributed by atoms with van der Waals surface area (Å²) in [7, 11) is 0. The summed E-state index contributed by atoms with van der Waals surface area (Å²) in [5.74, 6) is -1.32. The lowest BCUT2D eigenvalue weighted by Crippen LogP contribution is -2.51. The van der Waals surface area contributed by atoms with E-state index in [-0.39, 0.29) is 18.6 Å². The number of carbonyl (C=O) groups is 2. The van der Waals surface area contributed by atoms with Gasteiger partial charge in [-0.05, 0) is 44.0 Å². The molecule has 0 aliphatic carbocycles. The minimum atomic E-state index is -1.06. The Balaban J connectivity index is 2.27. The summed E-state index contributed by atoms with van der Waals surface area (Å²) in [5.41, 5.74) is 2.38. The number of carboxylic acid groups (broad SMARTS) is 1. The van der Waals surface area contributed by atoms with E-state index in [0.29, 0.717) is 17.1 Å². The summed E-state index contributed by atoms with van der Waals surface area (Å²) in [6, 6.07) is 3.50. The SMILES string of the molecule is Cc1cc(Cl)c(C(=O)N2CC(C(=O)O)O[C@H](C)C2)cc1C. The van der Waals surface area contributed by atoms with Gasteiger partial charge < -0.3 is 14.7 Å². The standard InChI is InChI=1S/C15H18ClNO4/c1-8-4-11(12(16)5-9(8)2)14(18)17-6-10(3)21-13(7-17)15(19)20/h4-5,10,13H,6-7H2,1-3H3,(H,19,20)/t10-,13?/m1/s1. The minimum Gasteiger partial charge on any atom is -0.479 e. The smallest absolute Gasteiger partial charge is 0.334 e. The van der Waals surface area contributed by atoms with Gasteiger partial charge in [-0.1, -0.05) is 11.6 Å². The number of halogens is 1. The summed E-state index contributed by atoms with van der Waals surface area (Å²) in [6.45, 7) is 5.96. The molecule has 1 amide bonds. The molecule has 6 heteroatoms. The third kappa shape index (κ3) is 3.36. The lowest BCUT2D eigenvalue weighted by Gasteiger charge is -2.35. The molecule has 114 valence electrons. The van der Waals surface area contributed by atoms with Gasteiger partial charge in [0.1, 0.15) is 0 Å². The highest BCUT2D eigenvalue weighted by atomic mass is 35.5. The van der Waals surface area contributed by atoms with Gasteiger partial charge in [0.25, 0.3) is 5.91 Å². The van der Waals surface area contributed by atoms with Crippen LogP contribution < -0.4 is 0 Å². The number of hydrogen-bond donors (Lipinski definition) is 1. The van der Waals surface area contributed by atoms with E-state index in [1.165, 1.54) is 4.90 Å². The van der Waals surface area contributed by atoms with E-state index in [1.807, 2.05) is 13.8 Å². The number of rotatable bonds is 2. The largest absolute Gasteiger partial charge is 0.479 e. The molecule has 1 heterocycles. The maximum absolute atomic E-state index is 12.6. The maximum atomic E-state index is 12.6. The Morgan fingerprint density at radius 2 is 1.90 bits per heavy atom. The van der Waals surface area contributed by atoms with Crippen LogP contribution in [0.25, 0.3) is 0 Å². The van der Waals surface area contributed by atoms with E-state index in [9.17, 15) is 9.59 Å². The minimum absolute atomic E-state index is 0.0295. The van der Waals surface area contributed by atoms with Crippen LogP contribution in [0.5, 0.6) is 0 Å². The predicted octanol–water partition coefficient (Wildman–Crippen LogP) is 2.27. The van der Waals surface area contributed by atoms with Gasteiger partial charge in [0.2, 0.25) is 0 Å². The number of amides is 1. The topological polar surface area (TPSA) is 66.8 Å². The Hall–Kier alpha value is -1.59. The first-order valence-electron chi connectivity index (χ1n) is 6.74. The third-order valence-electron chi connectivity index (χ3n) is 3.64. The second kappa shape index (κ2) is 6.03. The van der Waals surface area contributed by atoms with Gasteiger partial charge in [-0.3, -0.25) is 4.79 Å². The molecule has 1 unspecified atom stereocenters. The number of aryl methyl sites for hydroxylation is 2. The fourth-order valence-electron chi connectivity index (χ4n) is 2.37. The normalized spacial score (nSPS) is 22.2. The fourth-order valence-corrected chi connectivity index (χ4v) is 2.67. The molecule has 0 bridgehead atoms. The van der Waals surface area contributed by atoms with Gasteiger partial charge >= 0.3 is 5.97 Å². The predicted molar refractivity (Wildman–Crippen MR) is 78.8 cm³/mol. The van der Waals surface area contributed by atoms with Crippen LogP contribution in [0.3, 0.4) is 0 Å². The number of carboxylic acids is 1. The molecule has 0 saturated carbocycles. The summed E-state index contributed by atoms with van der Waals surface area (Å²) in [5, 5.41) is 9.46. The highest BCUT2D eigenvalue weighted by Crippen LogP contribution is 2.24. The molecule has 2 atom stereocenters. The van der Waals surface area contributed by atoms with Crippen molar-refractivity contribution < 1.29 is 19.4 Å². The average Bonchev–Trinajstić information content (AvgIpc) is 2.41. The molecule has 0 spiro atoms. The van der Waals surface area contributed by atoms with E-state index in [0.717, 1.165) is 11.1 Å². The number of nitrogens with zero attached hydrogens (tertiary/aromatic N) is 1. The summed E-state index contributed by atoms with van der Waals surface area (Å²) in [4.78, 5) is 25.2. The zero-order valence-electron chi connectivity index (χ0n) is 12.2. The third-order valence-corrected chi connectivity index (χ3v) is 3.95. The molecular formula is C15H18ClNO4. The Labute approximate surface area is 128 Å². The molecule has 1 aliphatic rings. The van der Waals surface area contributed by atoms with Crippen molar-refractivity contribution in [2.24, 2.45) is 0 Å². The van der Waals surface area contributed by atoms with Crippen molar-refractivity contribution >= 4 is 23.5 Å². The summed E-state index contributed by atoms with van der Waals surface area (Å²) >= 11 is 6.16. The molecule has 1 aromatic rings. The van der Waals surface area contributed by atoms with Gasteiger partial charge in [-0.15, -0.1) is 0 Å². The molecule has 2 rings (SSSR count). The molecule has 1 aromatic carbocycles. The number of aliphatic carboxylic acids is 1. The first-order chi connectivity index (χ1) is 9.79. The van der Waals surface area contributed by atoms with Crippen LogP contribution in [-0.2, 0) is 9.53 Å². The van der Waals surface area contributed by atoms with Crippen molar-refractivity contribution in [2.75, 3.05) is 13.1 Å². The molecule has 1 saturated heterocycles. The van der Waals surface area contributed by atoms with E-state index in [4.69, 9.17) is 21.4 Å². The monoisotopic (exact) mass is 311 g/mol. The van der Waals surface area contributed by atoms with Gasteiger partial charge in [0.15, 0.2) is 6.10 Å². The molecular weight excluding hydrogens is 294 g/mol. The van der Waals surface area contributed by atoms with Crippen LogP contribution in [0, 0.1) is 13.8 Å². The fraction of sp³-hybridized carbons (Fsp3) is 0.467. The van der Waals surface area contributed by atoms with Crippen molar-refractivity contribution in [1.82, 2.24) is 4.90 Å². The molecule has 1 N–H and O–H groups in total. The van der Waals surface area contributed by atoms with Crippen LogP contribution >= 0.6 is 11.6 Å². The highest BCUT2D eigenvalue weighted by Gasteiger charge is 2.33. The lowest BCUT2D eigenvalue weighted by molar-refractivity contribution is -0.160. The molecule has 1 fully saturated rings. The van der Waals surface area contributed by atoms with Crippen molar-refractivity contribution in [1.29, 1.82) is 0 Å². The van der Waals surface area contributed by atoms with Crippen LogP contribution in [0.2, 0.25) is 5.02 Å². The van der Waals surface area contributed by atoms with Crippen LogP contribution in [0.15, 0.2) is 12.1 Å². The summed E-state index contributed by atoms with van der Waals surface area (Å²) < 4.78 is 5.31. The van der Waals surface area contributed by atoms with Crippen LogP contribution in [0.1, 0.15) is 28.4 Å². The van der Waals surface area contributed by atoms with Crippen LogP contribution in [0.4, 0.5) is 0 Å².